The number of nitrogens with zero attached hydrogens (tertiary/aromatic N) is 2. The third kappa shape index (κ3) is 7.09. The van der Waals surface area contributed by atoms with Gasteiger partial charge in [-0.05, 0) is 67.5 Å². The van der Waals surface area contributed by atoms with Crippen LogP contribution in [-0.2, 0) is 19.7 Å². The minimum atomic E-state index is -2.97. The highest BCUT2D eigenvalue weighted by atomic mass is 32.2. The standard InChI is InChI=1S/C18H38N2O4S2/c1-15(2)25(21,22)11-7-9-19-13-17(5)20(18(6)14-19)10-8-12-26(23,24)16(3)4/h15-18H,7-14H2,1-6H3/t17-,18-/m0/s1. The first kappa shape index (κ1) is 23.9. The van der Waals surface area contributed by atoms with Crippen molar-refractivity contribution in [3.8, 4) is 0 Å². The van der Waals surface area contributed by atoms with Gasteiger partial charge in [0.25, 0.3) is 0 Å². The Balaban J connectivity index is 2.44. The van der Waals surface area contributed by atoms with Gasteiger partial charge in [0.2, 0.25) is 0 Å². The van der Waals surface area contributed by atoms with Crippen molar-refractivity contribution >= 4 is 19.7 Å². The maximum absolute atomic E-state index is 12.0. The highest BCUT2D eigenvalue weighted by Crippen LogP contribution is 2.17. The van der Waals surface area contributed by atoms with E-state index in [-0.39, 0.29) is 22.0 Å². The van der Waals surface area contributed by atoms with E-state index >= 15 is 0 Å². The van der Waals surface area contributed by atoms with Crippen LogP contribution in [0.1, 0.15) is 54.4 Å². The lowest BCUT2D eigenvalue weighted by Gasteiger charge is -2.44. The summed E-state index contributed by atoms with van der Waals surface area (Å²) >= 11 is 0. The van der Waals surface area contributed by atoms with Gasteiger partial charge in [0.15, 0.2) is 19.7 Å². The van der Waals surface area contributed by atoms with E-state index in [0.717, 1.165) is 26.2 Å². The second-order valence-corrected chi connectivity index (χ2v) is 13.6. The van der Waals surface area contributed by atoms with E-state index in [1.54, 1.807) is 27.7 Å². The molecular formula is C18H38N2O4S2. The SMILES string of the molecule is CC(C)S(=O)(=O)CCCN1C[C@H](C)N(CCCS(=O)(=O)C(C)C)[C@@H](C)C1. The van der Waals surface area contributed by atoms with E-state index in [0.29, 0.717) is 24.9 Å². The Morgan fingerprint density at radius 1 is 0.769 bits per heavy atom. The van der Waals surface area contributed by atoms with Gasteiger partial charge in [0.1, 0.15) is 0 Å². The first-order valence-electron chi connectivity index (χ1n) is 9.78. The molecule has 1 fully saturated rings. The summed E-state index contributed by atoms with van der Waals surface area (Å²) in [5.74, 6) is 0.498. The maximum atomic E-state index is 12.0. The van der Waals surface area contributed by atoms with Crippen molar-refractivity contribution in [2.45, 2.75) is 77.0 Å². The van der Waals surface area contributed by atoms with Crippen LogP contribution < -0.4 is 0 Å². The van der Waals surface area contributed by atoms with Crippen LogP contribution in [0.25, 0.3) is 0 Å². The van der Waals surface area contributed by atoms with Crippen LogP contribution in [0.4, 0.5) is 0 Å². The summed E-state index contributed by atoms with van der Waals surface area (Å²) in [5.41, 5.74) is 0. The highest BCUT2D eigenvalue weighted by molar-refractivity contribution is 7.92. The van der Waals surface area contributed by atoms with Crippen LogP contribution in [0.2, 0.25) is 0 Å². The number of piperazine rings is 1. The molecule has 0 saturated carbocycles. The molecule has 1 saturated heterocycles. The van der Waals surface area contributed by atoms with Gasteiger partial charge in [-0.3, -0.25) is 4.90 Å². The van der Waals surface area contributed by atoms with Crippen LogP contribution in [0.3, 0.4) is 0 Å². The molecule has 0 radical (unpaired) electrons. The lowest BCUT2D eigenvalue weighted by Crippen LogP contribution is -2.57. The number of hydrogen-bond acceptors (Lipinski definition) is 6. The van der Waals surface area contributed by atoms with E-state index in [1.165, 1.54) is 0 Å². The molecule has 1 rings (SSSR count). The summed E-state index contributed by atoms with van der Waals surface area (Å²) in [6.45, 7) is 14.7. The van der Waals surface area contributed by atoms with Crippen LogP contribution in [0, 0.1) is 0 Å². The summed E-state index contributed by atoms with van der Waals surface area (Å²) in [4.78, 5) is 4.73. The molecule has 0 amide bonds. The zero-order valence-electron chi connectivity index (χ0n) is 17.3. The van der Waals surface area contributed by atoms with Crippen LogP contribution >= 0.6 is 0 Å². The molecule has 0 spiro atoms. The average Bonchev–Trinajstić information content (AvgIpc) is 2.49. The summed E-state index contributed by atoms with van der Waals surface area (Å²) in [5, 5.41) is -0.615. The van der Waals surface area contributed by atoms with E-state index in [4.69, 9.17) is 0 Å². The van der Waals surface area contributed by atoms with Gasteiger partial charge < -0.3 is 4.90 Å². The molecule has 1 heterocycles. The van der Waals surface area contributed by atoms with Gasteiger partial charge in [-0.1, -0.05) is 0 Å². The molecule has 26 heavy (non-hydrogen) atoms. The Morgan fingerprint density at radius 2 is 1.15 bits per heavy atom. The fourth-order valence-corrected chi connectivity index (χ4v) is 5.50. The van der Waals surface area contributed by atoms with E-state index in [9.17, 15) is 16.8 Å². The van der Waals surface area contributed by atoms with Crippen molar-refractivity contribution in [2.24, 2.45) is 0 Å². The summed E-state index contributed by atoms with van der Waals surface area (Å²) in [6, 6.07) is 0.699. The molecule has 8 heteroatoms. The number of sulfone groups is 2. The Kier molecular flexibility index (Phi) is 9.03. The first-order valence-corrected chi connectivity index (χ1v) is 13.2. The third-order valence-electron chi connectivity index (χ3n) is 5.36. The Labute approximate surface area is 161 Å². The van der Waals surface area contributed by atoms with Crippen molar-refractivity contribution in [3.63, 3.8) is 0 Å². The Bertz CT molecular complexity index is 618. The minimum absolute atomic E-state index is 0.247. The molecule has 0 aromatic heterocycles. The zero-order valence-corrected chi connectivity index (χ0v) is 18.9. The predicted molar refractivity (Wildman–Crippen MR) is 109 cm³/mol. The Morgan fingerprint density at radius 3 is 1.54 bits per heavy atom. The molecule has 156 valence electrons. The van der Waals surface area contributed by atoms with Crippen molar-refractivity contribution in [1.82, 2.24) is 9.80 Å². The molecule has 0 bridgehead atoms. The summed E-state index contributed by atoms with van der Waals surface area (Å²) in [6.07, 6.45) is 1.34. The Hall–Kier alpha value is -0.180. The van der Waals surface area contributed by atoms with Crippen LogP contribution in [0.5, 0.6) is 0 Å². The van der Waals surface area contributed by atoms with Crippen molar-refractivity contribution < 1.29 is 16.8 Å². The molecule has 0 unspecified atom stereocenters. The molecule has 1 aliphatic rings. The minimum Gasteiger partial charge on any atom is -0.300 e. The maximum Gasteiger partial charge on any atom is 0.152 e. The quantitative estimate of drug-likeness (QED) is 0.547. The van der Waals surface area contributed by atoms with Crippen LogP contribution in [-0.4, -0.2) is 86.9 Å². The van der Waals surface area contributed by atoms with E-state index in [1.807, 2.05) is 0 Å². The van der Waals surface area contributed by atoms with E-state index < -0.39 is 19.7 Å². The second-order valence-electron chi connectivity index (χ2n) is 8.23. The molecule has 6 nitrogen and oxygen atoms in total. The summed E-state index contributed by atoms with van der Waals surface area (Å²) < 4.78 is 47.8. The van der Waals surface area contributed by atoms with Crippen molar-refractivity contribution in [3.05, 3.63) is 0 Å². The largest absolute Gasteiger partial charge is 0.300 e. The normalized spacial score (nSPS) is 23.8. The first-order chi connectivity index (χ1) is 11.9. The lowest BCUT2D eigenvalue weighted by molar-refractivity contribution is 0.0395. The van der Waals surface area contributed by atoms with Crippen molar-refractivity contribution in [2.75, 3.05) is 37.7 Å². The molecular weight excluding hydrogens is 372 g/mol. The fourth-order valence-electron chi connectivity index (χ4n) is 3.50. The van der Waals surface area contributed by atoms with Gasteiger partial charge in [-0.25, -0.2) is 16.8 Å². The molecule has 2 atom stereocenters. The lowest BCUT2D eigenvalue weighted by atomic mass is 10.1. The van der Waals surface area contributed by atoms with Gasteiger partial charge in [0.05, 0.1) is 22.0 Å². The predicted octanol–water partition coefficient (Wildman–Crippen LogP) is 1.81. The van der Waals surface area contributed by atoms with Gasteiger partial charge >= 0.3 is 0 Å². The van der Waals surface area contributed by atoms with Gasteiger partial charge in [-0.2, -0.15) is 0 Å². The van der Waals surface area contributed by atoms with E-state index in [2.05, 4.69) is 23.6 Å². The average molecular weight is 411 g/mol. The zero-order chi connectivity index (χ0) is 20.1. The van der Waals surface area contributed by atoms with Gasteiger partial charge in [-0.15, -0.1) is 0 Å². The second kappa shape index (κ2) is 9.85. The molecule has 1 aliphatic heterocycles. The third-order valence-corrected chi connectivity index (χ3v) is 9.95. The topological polar surface area (TPSA) is 74.8 Å². The molecule has 0 aromatic carbocycles. The van der Waals surface area contributed by atoms with Crippen LogP contribution in [0.15, 0.2) is 0 Å². The monoisotopic (exact) mass is 410 g/mol. The molecule has 0 aromatic rings. The number of hydrogen-bond donors (Lipinski definition) is 0. The molecule has 0 N–H and O–H groups in total. The van der Waals surface area contributed by atoms with Crippen molar-refractivity contribution in [1.29, 1.82) is 0 Å². The van der Waals surface area contributed by atoms with Gasteiger partial charge in [0, 0.05) is 25.2 Å². The molecule has 0 aliphatic carbocycles. The highest BCUT2D eigenvalue weighted by Gasteiger charge is 2.29. The fraction of sp³-hybridized carbons (Fsp3) is 1.00. The number of rotatable bonds is 10. The summed E-state index contributed by atoms with van der Waals surface area (Å²) in [7, 11) is -5.94. The smallest absolute Gasteiger partial charge is 0.152 e.